The van der Waals surface area contributed by atoms with Gasteiger partial charge in [-0.3, -0.25) is 0 Å². The average Bonchev–Trinajstić information content (AvgIpc) is 3.39. The molecule has 1 fully saturated rings. The Morgan fingerprint density at radius 3 is 2.14 bits per heavy atom. The number of hydrogen-bond donors (Lipinski definition) is 0. The first kappa shape index (κ1) is 25.8. The molecule has 3 aromatic carbocycles. The lowest BCUT2D eigenvalue weighted by Crippen LogP contribution is -2.29. The van der Waals surface area contributed by atoms with Crippen LogP contribution in [0.5, 0.6) is 5.75 Å². The molecule has 0 atom stereocenters. The van der Waals surface area contributed by atoms with Crippen molar-refractivity contribution in [2.24, 2.45) is 5.92 Å². The number of esters is 1. The van der Waals surface area contributed by atoms with Gasteiger partial charge in [0.05, 0.1) is 9.79 Å². The maximum absolute atomic E-state index is 12.6. The van der Waals surface area contributed by atoms with Gasteiger partial charge in [-0.1, -0.05) is 60.7 Å². The average molecular weight is 530 g/mol. The first-order valence-electron chi connectivity index (χ1n) is 12.9. The summed E-state index contributed by atoms with van der Waals surface area (Å²) in [6, 6.07) is 21.8. The van der Waals surface area contributed by atoms with Crippen molar-refractivity contribution in [1.82, 2.24) is 0 Å². The van der Waals surface area contributed by atoms with E-state index in [1.165, 1.54) is 37.3 Å². The maximum atomic E-state index is 12.6. The van der Waals surface area contributed by atoms with Crippen LogP contribution < -0.4 is 4.74 Å². The Bertz CT molecular complexity index is 1310. The third-order valence-corrected chi connectivity index (χ3v) is 10.4. The Kier molecular flexibility index (Phi) is 7.60. The molecule has 1 heterocycles. The second-order valence-electron chi connectivity index (χ2n) is 10.2. The number of carbonyl (C=O) groups is 1. The standard InChI is InChI=1S/C32H33O3S2/c1-22-19-25(37-28-15-9-7-13-26(28)36-27-14-8-10-16-29(27)37)20-23(2)31(22)34-21-30(33)35-32(3,4)18-17-24-11-5-6-12-24/h7-10,13-16,19-20,24H,5-6,11-12,21H2,1-4H3/q+1. The van der Waals surface area contributed by atoms with Gasteiger partial charge in [-0.25, -0.2) is 4.79 Å². The zero-order chi connectivity index (χ0) is 26.0. The molecule has 5 rings (SSSR count). The van der Waals surface area contributed by atoms with E-state index in [1.54, 1.807) is 0 Å². The number of hydrogen-bond acceptors (Lipinski definition) is 4. The molecule has 37 heavy (non-hydrogen) atoms. The molecule has 0 spiro atoms. The van der Waals surface area contributed by atoms with Gasteiger partial charge < -0.3 is 9.47 Å². The summed E-state index contributed by atoms with van der Waals surface area (Å²) in [7, 11) is -0.200. The lowest BCUT2D eigenvalue weighted by atomic mass is 10.1. The minimum atomic E-state index is -0.822. The predicted octanol–water partition coefficient (Wildman–Crippen LogP) is 7.76. The van der Waals surface area contributed by atoms with Crippen molar-refractivity contribution in [3.63, 3.8) is 0 Å². The summed E-state index contributed by atoms with van der Waals surface area (Å²) in [5, 5.41) is 0. The number of aryl methyl sites for hydroxylation is 2. The maximum Gasteiger partial charge on any atom is 0.345 e. The highest BCUT2D eigenvalue weighted by Crippen LogP contribution is 2.48. The largest absolute Gasteiger partial charge is 0.481 e. The van der Waals surface area contributed by atoms with Crippen molar-refractivity contribution >= 4 is 28.6 Å². The van der Waals surface area contributed by atoms with Crippen molar-refractivity contribution in [2.45, 2.75) is 83.5 Å². The summed E-state index contributed by atoms with van der Waals surface area (Å²) in [6.07, 6.45) is 4.77. The molecule has 1 aliphatic carbocycles. The van der Waals surface area contributed by atoms with Crippen LogP contribution in [0, 0.1) is 31.6 Å². The lowest BCUT2D eigenvalue weighted by Gasteiger charge is -2.21. The molecule has 0 unspecified atom stereocenters. The van der Waals surface area contributed by atoms with Crippen LogP contribution in [-0.4, -0.2) is 18.2 Å². The molecule has 1 aliphatic heterocycles. The van der Waals surface area contributed by atoms with Crippen LogP contribution in [-0.2, 0) is 20.4 Å². The van der Waals surface area contributed by atoms with Crippen molar-refractivity contribution < 1.29 is 14.3 Å². The molecule has 3 aromatic rings. The van der Waals surface area contributed by atoms with E-state index in [4.69, 9.17) is 9.47 Å². The van der Waals surface area contributed by atoms with Gasteiger partial charge in [0, 0.05) is 18.1 Å². The molecule has 1 saturated carbocycles. The number of rotatable bonds is 5. The Balaban J connectivity index is 1.33. The fraction of sp³-hybridized carbons (Fsp3) is 0.344. The zero-order valence-corrected chi connectivity index (χ0v) is 23.6. The second kappa shape index (κ2) is 10.9. The molecular formula is C32H33O3S2+. The molecule has 0 N–H and O–H groups in total. The predicted molar refractivity (Wildman–Crippen MR) is 150 cm³/mol. The molecule has 5 heteroatoms. The van der Waals surface area contributed by atoms with E-state index in [2.05, 4.69) is 72.5 Å². The summed E-state index contributed by atoms with van der Waals surface area (Å²) in [5.41, 5.74) is 1.21. The van der Waals surface area contributed by atoms with Gasteiger partial charge in [0.1, 0.15) is 16.6 Å². The van der Waals surface area contributed by atoms with Crippen LogP contribution >= 0.6 is 11.8 Å². The van der Waals surface area contributed by atoms with Gasteiger partial charge in [-0.05, 0) is 75.9 Å². The fourth-order valence-electron chi connectivity index (χ4n) is 4.97. The third kappa shape index (κ3) is 5.87. The molecular weight excluding hydrogens is 496 g/mol. The molecule has 0 bridgehead atoms. The fourth-order valence-corrected chi connectivity index (χ4v) is 8.89. The Labute approximate surface area is 227 Å². The smallest absolute Gasteiger partial charge is 0.345 e. The lowest BCUT2D eigenvalue weighted by molar-refractivity contribution is -0.154. The van der Waals surface area contributed by atoms with Gasteiger partial charge in [0.2, 0.25) is 0 Å². The van der Waals surface area contributed by atoms with E-state index >= 15 is 0 Å². The molecule has 0 amide bonds. The van der Waals surface area contributed by atoms with Crippen LogP contribution in [0.4, 0.5) is 0 Å². The van der Waals surface area contributed by atoms with Gasteiger partial charge in [0.25, 0.3) is 0 Å². The van der Waals surface area contributed by atoms with Crippen LogP contribution in [0.1, 0.15) is 50.7 Å². The molecule has 0 saturated heterocycles. The van der Waals surface area contributed by atoms with E-state index in [9.17, 15) is 4.79 Å². The van der Waals surface area contributed by atoms with Crippen molar-refractivity contribution in [2.75, 3.05) is 6.61 Å². The topological polar surface area (TPSA) is 35.5 Å². The molecule has 0 radical (unpaired) electrons. The highest BCUT2D eigenvalue weighted by atomic mass is 32.2. The van der Waals surface area contributed by atoms with Gasteiger partial charge >= 0.3 is 5.97 Å². The number of ether oxygens (including phenoxy) is 2. The monoisotopic (exact) mass is 529 g/mol. The van der Waals surface area contributed by atoms with E-state index in [1.807, 2.05) is 39.5 Å². The Hall–Kier alpha value is -2.81. The number of fused-ring (bicyclic) bond motifs is 2. The quantitative estimate of drug-likeness (QED) is 0.150. The highest BCUT2D eigenvalue weighted by Gasteiger charge is 2.38. The van der Waals surface area contributed by atoms with Gasteiger partial charge in [-0.15, -0.1) is 0 Å². The van der Waals surface area contributed by atoms with Crippen LogP contribution in [0.25, 0.3) is 0 Å². The van der Waals surface area contributed by atoms with Crippen molar-refractivity contribution in [3.8, 4) is 17.6 Å². The Morgan fingerprint density at radius 1 is 0.973 bits per heavy atom. The summed E-state index contributed by atoms with van der Waals surface area (Å²) < 4.78 is 11.7. The Morgan fingerprint density at radius 2 is 1.54 bits per heavy atom. The summed E-state index contributed by atoms with van der Waals surface area (Å²) in [4.78, 5) is 19.2. The minimum absolute atomic E-state index is 0.135. The molecule has 2 aliphatic rings. The van der Waals surface area contributed by atoms with E-state index < -0.39 is 11.6 Å². The third-order valence-electron chi connectivity index (χ3n) is 6.66. The molecule has 190 valence electrons. The first-order valence-corrected chi connectivity index (χ1v) is 14.9. The van der Waals surface area contributed by atoms with Gasteiger partial charge in [-0.2, -0.15) is 0 Å². The highest BCUT2D eigenvalue weighted by molar-refractivity contribution is 8.04. The summed E-state index contributed by atoms with van der Waals surface area (Å²) in [5.74, 6) is 7.24. The van der Waals surface area contributed by atoms with E-state index in [0.717, 1.165) is 29.7 Å². The van der Waals surface area contributed by atoms with Crippen molar-refractivity contribution in [1.29, 1.82) is 0 Å². The normalized spacial score (nSPS) is 15.4. The van der Waals surface area contributed by atoms with Gasteiger partial charge in [0.15, 0.2) is 26.9 Å². The number of carbonyl (C=O) groups excluding carboxylic acids is 1. The second-order valence-corrected chi connectivity index (χ2v) is 13.3. The van der Waals surface area contributed by atoms with E-state index in [0.29, 0.717) is 5.92 Å². The minimum Gasteiger partial charge on any atom is -0.481 e. The summed E-state index contributed by atoms with van der Waals surface area (Å²) >= 11 is 1.84. The zero-order valence-electron chi connectivity index (χ0n) is 21.9. The molecule has 0 aromatic heterocycles. The van der Waals surface area contributed by atoms with Crippen LogP contribution in [0.3, 0.4) is 0 Å². The number of benzene rings is 3. The SMILES string of the molecule is Cc1cc([S+]2c3ccccc3Sc3ccccc32)cc(C)c1OCC(=O)OC(C)(C)C#CC1CCCC1. The first-order chi connectivity index (χ1) is 17.8. The molecule has 3 nitrogen and oxygen atoms in total. The van der Waals surface area contributed by atoms with E-state index in [-0.39, 0.29) is 17.5 Å². The van der Waals surface area contributed by atoms with Crippen LogP contribution in [0.15, 0.2) is 85.1 Å². The summed E-state index contributed by atoms with van der Waals surface area (Å²) in [6.45, 7) is 7.65. The van der Waals surface area contributed by atoms with Crippen LogP contribution in [0.2, 0.25) is 0 Å². The van der Waals surface area contributed by atoms with Crippen molar-refractivity contribution in [3.05, 3.63) is 71.8 Å².